The van der Waals surface area contributed by atoms with Gasteiger partial charge in [0.05, 0.1) is 7.11 Å². The van der Waals surface area contributed by atoms with Crippen molar-refractivity contribution in [3.8, 4) is 5.75 Å². The molecular weight excluding hydrogens is 306 g/mol. The van der Waals surface area contributed by atoms with Gasteiger partial charge in [0.15, 0.2) is 0 Å². The number of nitrogens with zero attached hydrogens (tertiary/aromatic N) is 1. The predicted octanol–water partition coefficient (Wildman–Crippen LogP) is 4.79. The Morgan fingerprint density at radius 3 is 2.40 bits per heavy atom. The Balaban J connectivity index is 1.39. The molecule has 1 heterocycles. The lowest BCUT2D eigenvalue weighted by Gasteiger charge is -2.36. The van der Waals surface area contributed by atoms with Crippen molar-refractivity contribution < 1.29 is 4.74 Å². The van der Waals surface area contributed by atoms with Gasteiger partial charge in [0.25, 0.3) is 0 Å². The molecule has 0 radical (unpaired) electrons. The molecule has 2 saturated carbocycles. The number of benzene rings is 2. The minimum atomic E-state index is 0.446. The Bertz CT molecular complexity index is 799. The maximum atomic E-state index is 5.28. The highest BCUT2D eigenvalue weighted by Crippen LogP contribution is 2.55. The van der Waals surface area contributed by atoms with E-state index in [0.717, 1.165) is 18.8 Å². The molecule has 3 aliphatic rings. The summed E-state index contributed by atoms with van der Waals surface area (Å²) in [6, 6.07) is 15.9. The first-order chi connectivity index (χ1) is 12.1. The third kappa shape index (κ3) is 2.67. The largest absolute Gasteiger partial charge is 0.497 e. The third-order valence-electron chi connectivity index (χ3n) is 6.72. The highest BCUT2D eigenvalue weighted by Gasteiger charge is 2.50. The van der Waals surface area contributed by atoms with Gasteiger partial charge in [-0.1, -0.05) is 37.3 Å². The normalized spacial score (nSPS) is 22.5. The van der Waals surface area contributed by atoms with E-state index in [0.29, 0.717) is 10.8 Å². The summed E-state index contributed by atoms with van der Waals surface area (Å²) in [7, 11) is 1.73. The lowest BCUT2D eigenvalue weighted by molar-refractivity contribution is 0.213. The van der Waals surface area contributed by atoms with Crippen LogP contribution in [-0.2, 0) is 23.9 Å². The first-order valence-corrected chi connectivity index (χ1v) is 9.60. The monoisotopic (exact) mass is 333 g/mol. The summed E-state index contributed by atoms with van der Waals surface area (Å²) in [5, 5.41) is 0. The van der Waals surface area contributed by atoms with Crippen LogP contribution in [0.1, 0.15) is 54.9 Å². The Morgan fingerprint density at radius 1 is 1.00 bits per heavy atom. The number of methoxy groups -OCH3 is 1. The minimum Gasteiger partial charge on any atom is -0.497 e. The van der Waals surface area contributed by atoms with Crippen molar-refractivity contribution in [2.45, 2.75) is 56.5 Å². The van der Waals surface area contributed by atoms with Gasteiger partial charge in [0, 0.05) is 25.0 Å². The molecule has 2 aromatic carbocycles. The molecule has 2 aromatic rings. The number of rotatable bonds is 4. The summed E-state index contributed by atoms with van der Waals surface area (Å²) in [5.41, 5.74) is 7.12. The SMILES string of the molecule is COc1ccc(CN2Cc3ccc(C4(C)CC4)cc3C3(CC3)C2)cc1. The molecule has 2 aliphatic carbocycles. The van der Waals surface area contributed by atoms with Crippen molar-refractivity contribution in [1.82, 2.24) is 4.90 Å². The van der Waals surface area contributed by atoms with Crippen LogP contribution < -0.4 is 4.74 Å². The molecule has 0 N–H and O–H groups in total. The van der Waals surface area contributed by atoms with E-state index in [1.807, 2.05) is 0 Å². The van der Waals surface area contributed by atoms with Gasteiger partial charge in [-0.05, 0) is 65.5 Å². The number of hydrogen-bond donors (Lipinski definition) is 0. The Kier molecular flexibility index (Phi) is 3.31. The smallest absolute Gasteiger partial charge is 0.118 e. The molecule has 2 heteroatoms. The van der Waals surface area contributed by atoms with Gasteiger partial charge in [0.2, 0.25) is 0 Å². The summed E-state index contributed by atoms with van der Waals surface area (Å²) in [4.78, 5) is 2.63. The van der Waals surface area contributed by atoms with Gasteiger partial charge in [-0.3, -0.25) is 4.90 Å². The van der Waals surface area contributed by atoms with Crippen LogP contribution in [0.3, 0.4) is 0 Å². The zero-order chi connectivity index (χ0) is 17.1. The van der Waals surface area contributed by atoms with Crippen molar-refractivity contribution in [2.24, 2.45) is 0 Å². The summed E-state index contributed by atoms with van der Waals surface area (Å²) >= 11 is 0. The zero-order valence-corrected chi connectivity index (χ0v) is 15.3. The van der Waals surface area contributed by atoms with Crippen molar-refractivity contribution >= 4 is 0 Å². The topological polar surface area (TPSA) is 12.5 Å². The summed E-state index contributed by atoms with van der Waals surface area (Å²) < 4.78 is 5.28. The first kappa shape index (κ1) is 15.5. The van der Waals surface area contributed by atoms with E-state index in [9.17, 15) is 0 Å². The highest BCUT2D eigenvalue weighted by atomic mass is 16.5. The van der Waals surface area contributed by atoms with Crippen LogP contribution in [0.25, 0.3) is 0 Å². The maximum absolute atomic E-state index is 5.28. The minimum absolute atomic E-state index is 0.446. The van der Waals surface area contributed by atoms with Gasteiger partial charge in [-0.25, -0.2) is 0 Å². The standard InChI is InChI=1S/C23H27NO/c1-22(9-10-22)19-6-5-18-15-24(16-23(11-12-23)21(18)13-19)14-17-3-7-20(25-2)8-4-17/h3-8,13H,9-12,14-16H2,1-2H3. The van der Waals surface area contributed by atoms with E-state index in [-0.39, 0.29) is 0 Å². The Labute approximate surface area is 150 Å². The molecule has 5 rings (SSSR count). The van der Waals surface area contributed by atoms with Gasteiger partial charge >= 0.3 is 0 Å². The molecule has 1 aliphatic heterocycles. The van der Waals surface area contributed by atoms with E-state index >= 15 is 0 Å². The molecular formula is C23H27NO. The molecule has 1 spiro atoms. The fourth-order valence-corrected chi connectivity index (χ4v) is 4.55. The second-order valence-corrected chi connectivity index (χ2v) is 8.71. The second-order valence-electron chi connectivity index (χ2n) is 8.71. The number of ether oxygens (including phenoxy) is 1. The summed E-state index contributed by atoms with van der Waals surface area (Å²) in [5.74, 6) is 0.938. The molecule has 0 bridgehead atoms. The fraction of sp³-hybridized carbons (Fsp3) is 0.478. The summed E-state index contributed by atoms with van der Waals surface area (Å²) in [6.07, 6.45) is 5.45. The van der Waals surface area contributed by atoms with E-state index in [4.69, 9.17) is 4.74 Å². The highest BCUT2D eigenvalue weighted by molar-refractivity contribution is 5.46. The quantitative estimate of drug-likeness (QED) is 0.797. The predicted molar refractivity (Wildman–Crippen MR) is 101 cm³/mol. The van der Waals surface area contributed by atoms with Crippen LogP contribution >= 0.6 is 0 Å². The van der Waals surface area contributed by atoms with Crippen LogP contribution in [-0.4, -0.2) is 18.6 Å². The van der Waals surface area contributed by atoms with Crippen LogP contribution in [0.2, 0.25) is 0 Å². The van der Waals surface area contributed by atoms with Crippen LogP contribution in [0.15, 0.2) is 42.5 Å². The first-order valence-electron chi connectivity index (χ1n) is 9.60. The molecule has 0 atom stereocenters. The van der Waals surface area contributed by atoms with Crippen molar-refractivity contribution in [1.29, 1.82) is 0 Å². The lowest BCUT2D eigenvalue weighted by Crippen LogP contribution is -2.37. The Morgan fingerprint density at radius 2 is 1.76 bits per heavy atom. The lowest BCUT2D eigenvalue weighted by atomic mass is 9.83. The van der Waals surface area contributed by atoms with E-state index in [1.54, 1.807) is 23.8 Å². The maximum Gasteiger partial charge on any atom is 0.118 e. The van der Waals surface area contributed by atoms with Gasteiger partial charge in [0.1, 0.15) is 5.75 Å². The molecule has 0 saturated heterocycles. The van der Waals surface area contributed by atoms with Gasteiger partial charge < -0.3 is 4.74 Å². The average Bonchev–Trinajstić information content (AvgIpc) is 3.55. The van der Waals surface area contributed by atoms with E-state index in [1.165, 1.54) is 37.8 Å². The molecule has 0 unspecified atom stereocenters. The average molecular weight is 333 g/mol. The van der Waals surface area contributed by atoms with Crippen molar-refractivity contribution in [2.75, 3.05) is 13.7 Å². The number of fused-ring (bicyclic) bond motifs is 2. The van der Waals surface area contributed by atoms with Crippen molar-refractivity contribution in [3.05, 3.63) is 64.7 Å². The van der Waals surface area contributed by atoms with Crippen molar-refractivity contribution in [3.63, 3.8) is 0 Å². The zero-order valence-electron chi connectivity index (χ0n) is 15.3. The molecule has 2 fully saturated rings. The Hall–Kier alpha value is -1.80. The second kappa shape index (κ2) is 5.35. The molecule has 0 aromatic heterocycles. The fourth-order valence-electron chi connectivity index (χ4n) is 4.55. The van der Waals surface area contributed by atoms with E-state index in [2.05, 4.69) is 54.3 Å². The van der Waals surface area contributed by atoms with Gasteiger partial charge in [-0.15, -0.1) is 0 Å². The molecule has 2 nitrogen and oxygen atoms in total. The van der Waals surface area contributed by atoms with Crippen LogP contribution in [0.5, 0.6) is 5.75 Å². The molecule has 130 valence electrons. The molecule has 0 amide bonds. The number of hydrogen-bond acceptors (Lipinski definition) is 2. The summed E-state index contributed by atoms with van der Waals surface area (Å²) in [6.45, 7) is 5.75. The third-order valence-corrected chi connectivity index (χ3v) is 6.72. The van der Waals surface area contributed by atoms with Crippen LogP contribution in [0.4, 0.5) is 0 Å². The van der Waals surface area contributed by atoms with E-state index < -0.39 is 0 Å². The molecule has 25 heavy (non-hydrogen) atoms. The van der Waals surface area contributed by atoms with Gasteiger partial charge in [-0.2, -0.15) is 0 Å². The van der Waals surface area contributed by atoms with Crippen LogP contribution in [0, 0.1) is 0 Å².